The van der Waals surface area contributed by atoms with Crippen LogP contribution >= 0.6 is 0 Å². The highest BCUT2D eigenvalue weighted by Crippen LogP contribution is 2.50. The lowest BCUT2D eigenvalue weighted by Gasteiger charge is -2.35. The van der Waals surface area contributed by atoms with Gasteiger partial charge in [0.25, 0.3) is 0 Å². The molecule has 1 aliphatic rings. The molecule has 1 saturated carbocycles. The predicted molar refractivity (Wildman–Crippen MR) is 63.2 cm³/mol. The summed E-state index contributed by atoms with van der Waals surface area (Å²) in [6.07, 6.45) is -0.209. The second kappa shape index (κ2) is 3.43. The zero-order chi connectivity index (χ0) is 13.0. The summed E-state index contributed by atoms with van der Waals surface area (Å²) in [4.78, 5) is 0. The Labute approximate surface area is 100.0 Å². The van der Waals surface area contributed by atoms with E-state index in [1.165, 1.54) is 0 Å². The molecular formula is C12H19F2N3. The van der Waals surface area contributed by atoms with E-state index in [0.717, 1.165) is 11.3 Å². The molecule has 3 nitrogen and oxygen atoms in total. The van der Waals surface area contributed by atoms with E-state index in [1.54, 1.807) is 11.7 Å². The molecule has 0 aliphatic heterocycles. The standard InChI is InChI=1S/C12H19F2N3/c1-11(2,3)8-9(16-17(4)10(8)15)7-5-12(13,14)6-7/h7H,5-6,15H2,1-4H3. The average Bonchev–Trinajstić information content (AvgIpc) is 2.38. The van der Waals surface area contributed by atoms with Crippen molar-refractivity contribution in [2.75, 3.05) is 5.73 Å². The fourth-order valence-corrected chi connectivity index (χ4v) is 2.47. The number of aromatic nitrogens is 2. The molecule has 0 radical (unpaired) electrons. The Kier molecular flexibility index (Phi) is 2.49. The number of rotatable bonds is 1. The van der Waals surface area contributed by atoms with Crippen molar-refractivity contribution in [3.05, 3.63) is 11.3 Å². The lowest BCUT2D eigenvalue weighted by Crippen LogP contribution is -2.35. The van der Waals surface area contributed by atoms with Crippen molar-refractivity contribution in [2.24, 2.45) is 7.05 Å². The minimum absolute atomic E-state index is 0.105. The normalized spacial score (nSPS) is 20.4. The number of nitrogen functional groups attached to an aromatic ring is 1. The molecule has 1 fully saturated rings. The topological polar surface area (TPSA) is 43.8 Å². The summed E-state index contributed by atoms with van der Waals surface area (Å²) in [6, 6.07) is 0. The van der Waals surface area contributed by atoms with Gasteiger partial charge in [-0.3, -0.25) is 4.68 Å². The van der Waals surface area contributed by atoms with Gasteiger partial charge in [0.1, 0.15) is 5.82 Å². The molecule has 5 heteroatoms. The minimum Gasteiger partial charge on any atom is -0.384 e. The van der Waals surface area contributed by atoms with Gasteiger partial charge in [-0.25, -0.2) is 8.78 Å². The molecule has 2 rings (SSSR count). The average molecular weight is 243 g/mol. The third-order valence-electron chi connectivity index (χ3n) is 3.35. The van der Waals surface area contributed by atoms with Gasteiger partial charge in [-0.2, -0.15) is 5.10 Å². The van der Waals surface area contributed by atoms with Gasteiger partial charge in [0.05, 0.1) is 5.69 Å². The van der Waals surface area contributed by atoms with E-state index in [2.05, 4.69) is 5.10 Å². The molecule has 0 aromatic carbocycles. The van der Waals surface area contributed by atoms with Gasteiger partial charge < -0.3 is 5.73 Å². The maximum atomic E-state index is 12.9. The lowest BCUT2D eigenvalue weighted by molar-refractivity contribution is -0.0879. The Bertz CT molecular complexity index is 435. The summed E-state index contributed by atoms with van der Waals surface area (Å²) >= 11 is 0. The van der Waals surface area contributed by atoms with Crippen LogP contribution in [-0.4, -0.2) is 15.7 Å². The molecule has 0 unspecified atom stereocenters. The Morgan fingerprint density at radius 1 is 1.35 bits per heavy atom. The fraction of sp³-hybridized carbons (Fsp3) is 0.750. The van der Waals surface area contributed by atoms with Crippen LogP contribution in [-0.2, 0) is 12.5 Å². The van der Waals surface area contributed by atoms with Gasteiger partial charge in [-0.05, 0) is 5.41 Å². The lowest BCUT2D eigenvalue weighted by atomic mass is 9.74. The van der Waals surface area contributed by atoms with Crippen LogP contribution in [0.15, 0.2) is 0 Å². The number of alkyl halides is 2. The van der Waals surface area contributed by atoms with Gasteiger partial charge in [-0.1, -0.05) is 20.8 Å². The highest BCUT2D eigenvalue weighted by Gasteiger charge is 2.48. The Hall–Kier alpha value is -1.13. The highest BCUT2D eigenvalue weighted by molar-refractivity contribution is 5.49. The molecular weight excluding hydrogens is 224 g/mol. The maximum Gasteiger partial charge on any atom is 0.249 e. The summed E-state index contributed by atoms with van der Waals surface area (Å²) in [5, 5.41) is 4.32. The molecule has 17 heavy (non-hydrogen) atoms. The number of nitrogens with zero attached hydrogens (tertiary/aromatic N) is 2. The Morgan fingerprint density at radius 3 is 2.29 bits per heavy atom. The molecule has 1 aromatic heterocycles. The van der Waals surface area contributed by atoms with E-state index in [-0.39, 0.29) is 24.2 Å². The first kappa shape index (κ1) is 12.3. The molecule has 1 heterocycles. The zero-order valence-corrected chi connectivity index (χ0v) is 10.7. The second-order valence-electron chi connectivity index (χ2n) is 5.98. The van der Waals surface area contributed by atoms with Crippen LogP contribution in [0.2, 0.25) is 0 Å². The van der Waals surface area contributed by atoms with Crippen LogP contribution in [0.1, 0.15) is 50.8 Å². The van der Waals surface area contributed by atoms with Crippen molar-refractivity contribution in [1.82, 2.24) is 9.78 Å². The number of hydrogen-bond donors (Lipinski definition) is 1. The first-order valence-electron chi connectivity index (χ1n) is 5.82. The number of anilines is 1. The maximum absolute atomic E-state index is 12.9. The van der Waals surface area contributed by atoms with Crippen LogP contribution in [0.25, 0.3) is 0 Å². The SMILES string of the molecule is Cn1nc(C2CC(F)(F)C2)c(C(C)(C)C)c1N. The van der Waals surface area contributed by atoms with Crippen LogP contribution in [0.4, 0.5) is 14.6 Å². The quantitative estimate of drug-likeness (QED) is 0.824. The van der Waals surface area contributed by atoms with E-state index in [4.69, 9.17) is 5.73 Å². The summed E-state index contributed by atoms with van der Waals surface area (Å²) < 4.78 is 27.5. The predicted octanol–water partition coefficient (Wildman–Crippen LogP) is 2.81. The summed E-state index contributed by atoms with van der Waals surface area (Å²) in [5.41, 5.74) is 7.49. The molecule has 0 bridgehead atoms. The summed E-state index contributed by atoms with van der Waals surface area (Å²) in [5.74, 6) is -2.09. The molecule has 96 valence electrons. The second-order valence-corrected chi connectivity index (χ2v) is 5.98. The van der Waals surface area contributed by atoms with E-state index in [9.17, 15) is 8.78 Å². The van der Waals surface area contributed by atoms with Crippen molar-refractivity contribution in [3.63, 3.8) is 0 Å². The van der Waals surface area contributed by atoms with Gasteiger partial charge in [-0.15, -0.1) is 0 Å². The number of aryl methyl sites for hydroxylation is 1. The van der Waals surface area contributed by atoms with E-state index in [0.29, 0.717) is 5.82 Å². The van der Waals surface area contributed by atoms with Crippen LogP contribution in [0, 0.1) is 0 Å². The largest absolute Gasteiger partial charge is 0.384 e. The number of halogens is 2. The van der Waals surface area contributed by atoms with Gasteiger partial charge >= 0.3 is 0 Å². The van der Waals surface area contributed by atoms with Gasteiger partial charge in [0.2, 0.25) is 5.92 Å². The number of hydrogen-bond acceptors (Lipinski definition) is 2. The first-order valence-corrected chi connectivity index (χ1v) is 5.82. The monoisotopic (exact) mass is 243 g/mol. The molecule has 1 aliphatic carbocycles. The van der Waals surface area contributed by atoms with Crippen molar-refractivity contribution in [1.29, 1.82) is 0 Å². The van der Waals surface area contributed by atoms with Gasteiger partial charge in [0, 0.05) is 31.4 Å². The van der Waals surface area contributed by atoms with Crippen LogP contribution < -0.4 is 5.73 Å². The molecule has 0 saturated heterocycles. The zero-order valence-electron chi connectivity index (χ0n) is 10.7. The number of nitrogens with two attached hydrogens (primary N) is 1. The van der Waals surface area contributed by atoms with Crippen LogP contribution in [0.5, 0.6) is 0 Å². The van der Waals surface area contributed by atoms with Gasteiger partial charge in [0.15, 0.2) is 0 Å². The van der Waals surface area contributed by atoms with E-state index >= 15 is 0 Å². The van der Waals surface area contributed by atoms with Crippen molar-refractivity contribution in [2.45, 2.75) is 50.9 Å². The van der Waals surface area contributed by atoms with Crippen LogP contribution in [0.3, 0.4) is 0 Å². The molecule has 1 aromatic rings. The van der Waals surface area contributed by atoms with Crippen molar-refractivity contribution in [3.8, 4) is 0 Å². The molecule has 0 amide bonds. The molecule has 2 N–H and O–H groups in total. The van der Waals surface area contributed by atoms with Crippen molar-refractivity contribution >= 4 is 5.82 Å². The Balaban J connectivity index is 2.39. The van der Waals surface area contributed by atoms with Crippen molar-refractivity contribution < 1.29 is 8.78 Å². The van der Waals surface area contributed by atoms with E-state index in [1.807, 2.05) is 20.8 Å². The smallest absolute Gasteiger partial charge is 0.249 e. The third-order valence-corrected chi connectivity index (χ3v) is 3.35. The Morgan fingerprint density at radius 2 is 1.88 bits per heavy atom. The summed E-state index contributed by atoms with van der Waals surface area (Å²) in [7, 11) is 1.75. The highest BCUT2D eigenvalue weighted by atomic mass is 19.3. The summed E-state index contributed by atoms with van der Waals surface area (Å²) in [6.45, 7) is 6.09. The molecule has 0 spiro atoms. The third kappa shape index (κ3) is 2.03. The molecule has 0 atom stereocenters. The van der Waals surface area contributed by atoms with E-state index < -0.39 is 5.92 Å². The fourth-order valence-electron chi connectivity index (χ4n) is 2.47. The first-order chi connectivity index (χ1) is 7.62. The minimum atomic E-state index is -2.52.